The van der Waals surface area contributed by atoms with E-state index in [2.05, 4.69) is 0 Å². The van der Waals surface area contributed by atoms with Gasteiger partial charge in [0, 0.05) is 18.8 Å². The van der Waals surface area contributed by atoms with Gasteiger partial charge in [-0.2, -0.15) is 0 Å². The fourth-order valence-corrected chi connectivity index (χ4v) is 1.07. The van der Waals surface area contributed by atoms with Crippen LogP contribution < -0.4 is 6.15 Å². The van der Waals surface area contributed by atoms with Crippen LogP contribution in [0.15, 0.2) is 0 Å². The Bertz CT molecular complexity index is 203. The number of aliphatic hydroxyl groups is 1. The molecule has 0 aromatic rings. The molecule has 0 rings (SSSR count). The molecule has 0 saturated carbocycles. The van der Waals surface area contributed by atoms with Crippen molar-refractivity contribution in [2.45, 2.75) is 26.1 Å². The second-order valence-electron chi connectivity index (χ2n) is 2.38. The Morgan fingerprint density at radius 1 is 1.54 bits per heavy atom. The van der Waals surface area contributed by atoms with Crippen LogP contribution in [0.2, 0.25) is 0 Å². The molecule has 0 heterocycles. The third kappa shape index (κ3) is 11.8. The predicted molar refractivity (Wildman–Crippen MR) is 47.4 cm³/mol. The lowest BCUT2D eigenvalue weighted by atomic mass is 10.4. The number of ether oxygens (including phenoxy) is 1. The largest absolute Gasteiger partial charge is 0.748 e. The van der Waals surface area contributed by atoms with Crippen molar-refractivity contribution in [1.82, 2.24) is 6.15 Å². The molecule has 13 heavy (non-hydrogen) atoms. The normalized spacial score (nSPS) is 13.5. The van der Waals surface area contributed by atoms with Crippen molar-refractivity contribution >= 4 is 10.1 Å². The van der Waals surface area contributed by atoms with E-state index < -0.39 is 22.2 Å². The Kier molecular flexibility index (Phi) is 8.48. The molecule has 0 spiro atoms. The molecule has 0 aliphatic carbocycles. The van der Waals surface area contributed by atoms with Crippen molar-refractivity contribution in [3.8, 4) is 0 Å². The summed E-state index contributed by atoms with van der Waals surface area (Å²) in [7, 11) is -4.23. The number of rotatable bonds is 6. The van der Waals surface area contributed by atoms with Crippen LogP contribution in [0.5, 0.6) is 0 Å². The maximum atomic E-state index is 10.1. The predicted octanol–water partition coefficient (Wildman–Crippen LogP) is 0.0429. The lowest BCUT2D eigenvalue weighted by molar-refractivity contribution is -0.0993. The molecule has 6 nitrogen and oxygen atoms in total. The van der Waals surface area contributed by atoms with Gasteiger partial charge >= 0.3 is 0 Å². The second kappa shape index (κ2) is 7.22. The van der Waals surface area contributed by atoms with Crippen LogP contribution in [-0.2, 0) is 14.9 Å². The second-order valence-corrected chi connectivity index (χ2v) is 3.90. The van der Waals surface area contributed by atoms with Gasteiger partial charge in [0.1, 0.15) is 0 Å². The van der Waals surface area contributed by atoms with Crippen molar-refractivity contribution in [2.24, 2.45) is 0 Å². The van der Waals surface area contributed by atoms with Crippen LogP contribution in [-0.4, -0.2) is 36.7 Å². The summed E-state index contributed by atoms with van der Waals surface area (Å²) >= 11 is 0. The number of hydrogen-bond donors (Lipinski definition) is 2. The molecule has 0 aliphatic heterocycles. The van der Waals surface area contributed by atoms with Crippen LogP contribution in [0.3, 0.4) is 0 Å². The van der Waals surface area contributed by atoms with Gasteiger partial charge in [0.15, 0.2) is 6.29 Å². The van der Waals surface area contributed by atoms with Gasteiger partial charge in [-0.05, 0) is 6.42 Å². The van der Waals surface area contributed by atoms with Crippen LogP contribution in [0, 0.1) is 0 Å². The van der Waals surface area contributed by atoms with E-state index in [1.807, 2.05) is 6.92 Å². The van der Waals surface area contributed by atoms with E-state index in [1.165, 1.54) is 0 Å². The topological polar surface area (TPSA) is 123 Å². The van der Waals surface area contributed by atoms with Crippen molar-refractivity contribution in [3.05, 3.63) is 0 Å². The van der Waals surface area contributed by atoms with Crippen LogP contribution in [0.25, 0.3) is 0 Å². The number of aliphatic hydroxyl groups excluding tert-OH is 1. The van der Waals surface area contributed by atoms with E-state index in [1.54, 1.807) is 0 Å². The summed E-state index contributed by atoms with van der Waals surface area (Å²) in [5.41, 5.74) is 0. The summed E-state index contributed by atoms with van der Waals surface area (Å²) in [6, 6.07) is 0. The van der Waals surface area contributed by atoms with E-state index in [0.29, 0.717) is 6.61 Å². The van der Waals surface area contributed by atoms with E-state index in [0.717, 1.165) is 6.42 Å². The van der Waals surface area contributed by atoms with Crippen LogP contribution >= 0.6 is 0 Å². The average molecular weight is 215 g/mol. The highest BCUT2D eigenvalue weighted by Gasteiger charge is 2.05. The van der Waals surface area contributed by atoms with Gasteiger partial charge in [-0.1, -0.05) is 6.92 Å². The zero-order chi connectivity index (χ0) is 9.61. The highest BCUT2D eigenvalue weighted by atomic mass is 32.2. The molecule has 0 aromatic carbocycles. The summed E-state index contributed by atoms with van der Waals surface area (Å²) in [5, 5.41) is 8.92. The molecule has 0 amide bonds. The van der Waals surface area contributed by atoms with E-state index in [4.69, 9.17) is 9.84 Å². The Morgan fingerprint density at radius 2 is 2.08 bits per heavy atom. The standard InChI is InChI=1S/C6H14O5S.H3N/c1-2-4-11-6(7)3-5-12(8,9)10;/h6-7H,2-5H2,1H3,(H,8,9,10);1H3. The summed E-state index contributed by atoms with van der Waals surface area (Å²) < 4.78 is 35.0. The van der Waals surface area contributed by atoms with Gasteiger partial charge in [-0.15, -0.1) is 0 Å². The quantitative estimate of drug-likeness (QED) is 0.478. The van der Waals surface area contributed by atoms with Gasteiger partial charge in [-0.25, -0.2) is 8.42 Å². The van der Waals surface area contributed by atoms with Crippen molar-refractivity contribution in [2.75, 3.05) is 12.4 Å². The highest BCUT2D eigenvalue weighted by molar-refractivity contribution is 7.85. The van der Waals surface area contributed by atoms with Crippen molar-refractivity contribution < 1.29 is 22.8 Å². The number of hydrogen-bond acceptors (Lipinski definition) is 5. The molecule has 0 radical (unpaired) electrons. The average Bonchev–Trinajstić information content (AvgIpc) is 1.95. The van der Waals surface area contributed by atoms with Gasteiger partial charge in [-0.3, -0.25) is 0 Å². The third-order valence-corrected chi connectivity index (χ3v) is 1.86. The molecule has 82 valence electrons. The minimum absolute atomic E-state index is 0. The van der Waals surface area contributed by atoms with Crippen LogP contribution in [0.4, 0.5) is 0 Å². The van der Waals surface area contributed by atoms with Crippen LogP contribution in [0.1, 0.15) is 19.8 Å². The van der Waals surface area contributed by atoms with Gasteiger partial charge in [0.05, 0.1) is 10.1 Å². The Morgan fingerprint density at radius 3 is 2.46 bits per heavy atom. The molecule has 7 heteroatoms. The first-order valence-corrected chi connectivity index (χ1v) is 5.26. The van der Waals surface area contributed by atoms with E-state index >= 15 is 0 Å². The first kappa shape index (κ1) is 15.3. The Balaban J connectivity index is 0. The first-order valence-electron chi connectivity index (χ1n) is 3.69. The molecule has 0 aliphatic rings. The summed E-state index contributed by atoms with van der Waals surface area (Å²) in [6.07, 6.45) is -0.568. The molecule has 0 bridgehead atoms. The fourth-order valence-electron chi connectivity index (χ4n) is 0.582. The van der Waals surface area contributed by atoms with Crippen molar-refractivity contribution in [1.29, 1.82) is 0 Å². The maximum Gasteiger partial charge on any atom is 0.155 e. The SMILES string of the molecule is CCCOC(O)CCS(=O)(=O)[O-].[NH4+]. The van der Waals surface area contributed by atoms with Gasteiger partial charge in [0.25, 0.3) is 0 Å². The first-order chi connectivity index (χ1) is 5.45. The smallest absolute Gasteiger partial charge is 0.155 e. The zero-order valence-electron chi connectivity index (χ0n) is 7.89. The van der Waals surface area contributed by atoms with E-state index in [-0.39, 0.29) is 12.6 Å². The molecule has 1 unspecified atom stereocenters. The summed E-state index contributed by atoms with van der Waals surface area (Å²) in [5.74, 6) is -0.585. The number of quaternary nitrogens is 1. The third-order valence-electron chi connectivity index (χ3n) is 1.13. The molecule has 5 N–H and O–H groups in total. The molecule has 0 saturated heterocycles. The van der Waals surface area contributed by atoms with Gasteiger partial charge in [0.2, 0.25) is 0 Å². The van der Waals surface area contributed by atoms with E-state index in [9.17, 15) is 13.0 Å². The lowest BCUT2D eigenvalue weighted by Crippen LogP contribution is -2.17. The molecule has 0 aromatic heterocycles. The van der Waals surface area contributed by atoms with Gasteiger partial charge < -0.3 is 20.5 Å². The Labute approximate surface area is 78.2 Å². The highest BCUT2D eigenvalue weighted by Crippen LogP contribution is 1.97. The zero-order valence-corrected chi connectivity index (χ0v) is 8.71. The minimum Gasteiger partial charge on any atom is -0.748 e. The van der Waals surface area contributed by atoms with Crippen molar-refractivity contribution in [3.63, 3.8) is 0 Å². The molecular weight excluding hydrogens is 198 g/mol. The Hall–Kier alpha value is -0.210. The summed E-state index contributed by atoms with van der Waals surface area (Å²) in [6.45, 7) is 2.22. The fraction of sp³-hybridized carbons (Fsp3) is 1.00. The monoisotopic (exact) mass is 215 g/mol. The maximum absolute atomic E-state index is 10.1. The molecule has 0 fully saturated rings. The molecule has 1 atom stereocenters. The minimum atomic E-state index is -4.23. The lowest BCUT2D eigenvalue weighted by Gasteiger charge is -2.12. The molecular formula is C6H17NO5S. The summed E-state index contributed by atoms with van der Waals surface area (Å²) in [4.78, 5) is 0.